The Morgan fingerprint density at radius 2 is 1.84 bits per heavy atom. The van der Waals surface area contributed by atoms with Gasteiger partial charge in [0.1, 0.15) is 0 Å². The minimum absolute atomic E-state index is 0.240. The number of benzene rings is 1. The molecule has 1 aliphatic carbocycles. The molecule has 2 nitrogen and oxygen atoms in total. The molecular weight excluding hydrogens is 234 g/mol. The monoisotopic (exact) mass is 259 g/mol. The van der Waals surface area contributed by atoms with E-state index in [1.807, 2.05) is 37.4 Å². The lowest BCUT2D eigenvalue weighted by Crippen LogP contribution is -2.29. The van der Waals surface area contributed by atoms with Crippen molar-refractivity contribution < 1.29 is 4.79 Å². The van der Waals surface area contributed by atoms with E-state index in [4.69, 9.17) is 0 Å². The summed E-state index contributed by atoms with van der Waals surface area (Å²) in [6.45, 7) is 2.24. The summed E-state index contributed by atoms with van der Waals surface area (Å²) in [5.41, 5.74) is 0.989. The molecule has 1 aromatic carbocycles. The first kappa shape index (κ1) is 14.1. The average Bonchev–Trinajstić information content (AvgIpc) is 2.48. The molecule has 0 bridgehead atoms. The summed E-state index contributed by atoms with van der Waals surface area (Å²) in [7, 11) is 1.88. The number of anilines is 1. The number of carbonyl (C=O) groups excluding carboxylic acids is 1. The zero-order valence-electron chi connectivity index (χ0n) is 12.1. The van der Waals surface area contributed by atoms with Crippen LogP contribution < -0.4 is 4.90 Å². The fraction of sp³-hybridized carbons (Fsp3) is 0.588. The molecule has 0 unspecified atom stereocenters. The molecule has 1 aliphatic rings. The second kappa shape index (κ2) is 6.74. The SMILES string of the molecule is C[C@@H](CC(=O)N(C)c1ccccc1)C1CCCCC1. The van der Waals surface area contributed by atoms with Crippen LogP contribution in [-0.2, 0) is 4.79 Å². The van der Waals surface area contributed by atoms with Gasteiger partial charge in [0.05, 0.1) is 0 Å². The van der Waals surface area contributed by atoms with E-state index in [9.17, 15) is 4.79 Å². The van der Waals surface area contributed by atoms with Crippen LogP contribution in [0, 0.1) is 11.8 Å². The lowest BCUT2D eigenvalue weighted by molar-refractivity contribution is -0.119. The smallest absolute Gasteiger partial charge is 0.226 e. The van der Waals surface area contributed by atoms with Gasteiger partial charge in [-0.05, 0) is 24.0 Å². The maximum atomic E-state index is 12.3. The summed E-state index contributed by atoms with van der Waals surface area (Å²) in [6, 6.07) is 9.91. The predicted molar refractivity (Wildman–Crippen MR) is 80.2 cm³/mol. The lowest BCUT2D eigenvalue weighted by atomic mass is 9.79. The van der Waals surface area contributed by atoms with Crippen molar-refractivity contribution in [1.29, 1.82) is 0 Å². The molecule has 1 amide bonds. The summed E-state index contributed by atoms with van der Waals surface area (Å²) < 4.78 is 0. The highest BCUT2D eigenvalue weighted by molar-refractivity contribution is 5.92. The van der Waals surface area contributed by atoms with Crippen molar-refractivity contribution in [2.24, 2.45) is 11.8 Å². The van der Waals surface area contributed by atoms with E-state index in [0.29, 0.717) is 12.3 Å². The Hall–Kier alpha value is -1.31. The Morgan fingerprint density at radius 1 is 1.21 bits per heavy atom. The van der Waals surface area contributed by atoms with E-state index in [0.717, 1.165) is 11.6 Å². The third-order valence-corrected chi connectivity index (χ3v) is 4.47. The fourth-order valence-electron chi connectivity index (χ4n) is 3.08. The van der Waals surface area contributed by atoms with Gasteiger partial charge in [-0.1, -0.05) is 57.2 Å². The van der Waals surface area contributed by atoms with Gasteiger partial charge in [-0.15, -0.1) is 0 Å². The zero-order valence-corrected chi connectivity index (χ0v) is 12.1. The molecule has 2 heteroatoms. The maximum Gasteiger partial charge on any atom is 0.226 e. The molecule has 0 heterocycles. The first-order valence-electron chi connectivity index (χ1n) is 7.50. The van der Waals surface area contributed by atoms with Crippen LogP contribution in [-0.4, -0.2) is 13.0 Å². The minimum Gasteiger partial charge on any atom is -0.315 e. The molecule has 0 spiro atoms. The molecule has 104 valence electrons. The largest absolute Gasteiger partial charge is 0.315 e. The summed E-state index contributed by atoms with van der Waals surface area (Å²) in [4.78, 5) is 14.1. The molecule has 0 N–H and O–H groups in total. The van der Waals surface area contributed by atoms with Crippen LogP contribution in [0.25, 0.3) is 0 Å². The molecule has 0 radical (unpaired) electrons. The summed E-state index contributed by atoms with van der Waals surface area (Å²) in [6.07, 6.45) is 7.36. The van der Waals surface area contributed by atoms with Gasteiger partial charge in [0.2, 0.25) is 5.91 Å². The minimum atomic E-state index is 0.240. The molecule has 1 saturated carbocycles. The van der Waals surface area contributed by atoms with Crippen LogP contribution >= 0.6 is 0 Å². The first-order valence-corrected chi connectivity index (χ1v) is 7.50. The van der Waals surface area contributed by atoms with Crippen molar-refractivity contribution in [2.45, 2.75) is 45.4 Å². The Balaban J connectivity index is 1.89. The highest BCUT2D eigenvalue weighted by Crippen LogP contribution is 2.32. The molecule has 0 aromatic heterocycles. The van der Waals surface area contributed by atoms with E-state index in [2.05, 4.69) is 6.92 Å². The molecule has 2 rings (SSSR count). The van der Waals surface area contributed by atoms with Gasteiger partial charge < -0.3 is 4.90 Å². The van der Waals surface area contributed by atoms with E-state index >= 15 is 0 Å². The third kappa shape index (κ3) is 3.82. The molecule has 1 aromatic rings. The number of hydrogen-bond acceptors (Lipinski definition) is 1. The van der Waals surface area contributed by atoms with Crippen LogP contribution in [0.1, 0.15) is 45.4 Å². The maximum absolute atomic E-state index is 12.3. The fourth-order valence-corrected chi connectivity index (χ4v) is 3.08. The van der Waals surface area contributed by atoms with Gasteiger partial charge in [-0.3, -0.25) is 4.79 Å². The van der Waals surface area contributed by atoms with Gasteiger partial charge in [-0.2, -0.15) is 0 Å². The van der Waals surface area contributed by atoms with Gasteiger partial charge in [0.25, 0.3) is 0 Å². The second-order valence-electron chi connectivity index (χ2n) is 5.87. The van der Waals surface area contributed by atoms with Crippen LogP contribution in [0.3, 0.4) is 0 Å². The quantitative estimate of drug-likeness (QED) is 0.791. The number of carbonyl (C=O) groups is 1. The Morgan fingerprint density at radius 3 is 2.47 bits per heavy atom. The summed E-state index contributed by atoms with van der Waals surface area (Å²) >= 11 is 0. The number of hydrogen-bond donors (Lipinski definition) is 0. The van der Waals surface area contributed by atoms with Gasteiger partial charge in [-0.25, -0.2) is 0 Å². The van der Waals surface area contributed by atoms with E-state index in [1.165, 1.54) is 32.1 Å². The number of rotatable bonds is 4. The molecule has 0 aliphatic heterocycles. The van der Waals surface area contributed by atoms with Crippen molar-refractivity contribution >= 4 is 11.6 Å². The summed E-state index contributed by atoms with van der Waals surface area (Å²) in [5.74, 6) is 1.50. The number of amides is 1. The van der Waals surface area contributed by atoms with Crippen molar-refractivity contribution in [3.05, 3.63) is 30.3 Å². The molecule has 19 heavy (non-hydrogen) atoms. The van der Waals surface area contributed by atoms with E-state index < -0.39 is 0 Å². The summed E-state index contributed by atoms with van der Waals surface area (Å²) in [5, 5.41) is 0. The van der Waals surface area contributed by atoms with Gasteiger partial charge in [0, 0.05) is 19.2 Å². The molecular formula is C17H25NO. The highest BCUT2D eigenvalue weighted by atomic mass is 16.2. The first-order chi connectivity index (χ1) is 9.18. The topological polar surface area (TPSA) is 20.3 Å². The molecule has 0 saturated heterocycles. The Labute approximate surface area is 116 Å². The molecule has 1 atom stereocenters. The van der Waals surface area contributed by atoms with Crippen molar-refractivity contribution in [1.82, 2.24) is 0 Å². The van der Waals surface area contributed by atoms with Crippen LogP contribution in [0.4, 0.5) is 5.69 Å². The normalized spacial score (nSPS) is 18.0. The van der Waals surface area contributed by atoms with Crippen LogP contribution in [0.2, 0.25) is 0 Å². The Kier molecular flexibility index (Phi) is 5.00. The van der Waals surface area contributed by atoms with Crippen LogP contribution in [0.5, 0.6) is 0 Å². The third-order valence-electron chi connectivity index (χ3n) is 4.47. The van der Waals surface area contributed by atoms with Gasteiger partial charge >= 0.3 is 0 Å². The van der Waals surface area contributed by atoms with E-state index in [1.54, 1.807) is 4.90 Å². The standard InChI is InChI=1S/C17H25NO/c1-14(15-9-5-3-6-10-15)13-17(19)18(2)16-11-7-4-8-12-16/h4,7-8,11-12,14-15H,3,5-6,9-10,13H2,1-2H3/t14-/m0/s1. The highest BCUT2D eigenvalue weighted by Gasteiger charge is 2.23. The Bertz CT molecular complexity index is 395. The average molecular weight is 259 g/mol. The van der Waals surface area contributed by atoms with E-state index in [-0.39, 0.29) is 5.91 Å². The van der Waals surface area contributed by atoms with Crippen molar-refractivity contribution in [2.75, 3.05) is 11.9 Å². The van der Waals surface area contributed by atoms with Crippen LogP contribution in [0.15, 0.2) is 30.3 Å². The molecule has 1 fully saturated rings. The lowest BCUT2D eigenvalue weighted by Gasteiger charge is -2.28. The van der Waals surface area contributed by atoms with Crippen molar-refractivity contribution in [3.63, 3.8) is 0 Å². The number of nitrogens with zero attached hydrogens (tertiary/aromatic N) is 1. The second-order valence-corrected chi connectivity index (χ2v) is 5.87. The van der Waals surface area contributed by atoms with Gasteiger partial charge in [0.15, 0.2) is 0 Å². The van der Waals surface area contributed by atoms with Crippen molar-refractivity contribution in [3.8, 4) is 0 Å². The zero-order chi connectivity index (χ0) is 13.7. The number of para-hydroxylation sites is 1. The predicted octanol–water partition coefficient (Wildman–Crippen LogP) is 4.26.